The lowest BCUT2D eigenvalue weighted by Crippen LogP contribution is -2.28. The Balaban J connectivity index is 1.53. The van der Waals surface area contributed by atoms with Gasteiger partial charge >= 0.3 is 18.4 Å². The van der Waals surface area contributed by atoms with E-state index >= 15 is 0 Å². The molecule has 2 aromatic heterocycles. The molecule has 0 fully saturated rings. The number of benzene rings is 2. The van der Waals surface area contributed by atoms with Crippen LogP contribution in [0.4, 0.5) is 33.8 Å². The highest BCUT2D eigenvalue weighted by Gasteiger charge is 2.44. The molecule has 14 heteroatoms. The van der Waals surface area contributed by atoms with Crippen molar-refractivity contribution in [2.45, 2.75) is 19.4 Å². The number of nitrogens with one attached hydrogen (secondary N) is 1. The summed E-state index contributed by atoms with van der Waals surface area (Å²) in [5.74, 6) is -3.86. The van der Waals surface area contributed by atoms with Crippen molar-refractivity contribution in [2.24, 2.45) is 0 Å². The summed E-state index contributed by atoms with van der Waals surface area (Å²) in [4.78, 5) is 27.8. The van der Waals surface area contributed by atoms with E-state index in [0.29, 0.717) is 11.1 Å². The number of para-hydroxylation sites is 1. The topological polar surface area (TPSA) is 108 Å². The molecule has 0 amide bonds. The number of hydrogen-bond acceptors (Lipinski definition) is 9. The maximum Gasteiger partial charge on any atom is 0.586 e. The van der Waals surface area contributed by atoms with Gasteiger partial charge in [0.1, 0.15) is 0 Å². The maximum absolute atomic E-state index is 13.4. The predicted octanol–water partition coefficient (Wildman–Crippen LogP) is 4.41. The minimum absolute atomic E-state index is 0.0647. The number of alkyl halides is 5. The molecule has 1 aliphatic heterocycles. The molecule has 174 valence electrons. The average Bonchev–Trinajstić information content (AvgIpc) is 3.04. The largest absolute Gasteiger partial charge is 0.586 e. The number of halogens is 5. The number of carbonyl (C=O) groups is 1. The first-order chi connectivity index (χ1) is 16.0. The summed E-state index contributed by atoms with van der Waals surface area (Å²) in [7, 11) is 0. The molecule has 5 rings (SSSR count). The highest BCUT2D eigenvalue weighted by Crippen LogP contribution is 2.43. The van der Waals surface area contributed by atoms with Crippen LogP contribution >= 0.6 is 0 Å². The third kappa shape index (κ3) is 3.93. The summed E-state index contributed by atoms with van der Waals surface area (Å²) >= 11 is 0. The van der Waals surface area contributed by atoms with Gasteiger partial charge < -0.3 is 14.2 Å². The van der Waals surface area contributed by atoms with Gasteiger partial charge in [0.2, 0.25) is 17.8 Å². The number of esters is 1. The van der Waals surface area contributed by atoms with E-state index in [4.69, 9.17) is 0 Å². The van der Waals surface area contributed by atoms with Crippen molar-refractivity contribution in [1.29, 1.82) is 0 Å². The normalized spacial score (nSPS) is 14.4. The standard InChI is InChI=1S/C20H10F5N5O4/c1-8-10-6-13-14(34-20(24,25)33-13)7-12(10)28-17(26-8)30-18-27-11-5-3-2-4-9(11)15(29-18)32-16(31)19(21,22)23/h2-7H,1H3,(H,26,27,28,29,30). The van der Waals surface area contributed by atoms with Gasteiger partial charge in [0, 0.05) is 11.5 Å². The Labute approximate surface area is 185 Å². The van der Waals surface area contributed by atoms with Gasteiger partial charge in [-0.25, -0.2) is 19.7 Å². The molecule has 3 heterocycles. The van der Waals surface area contributed by atoms with E-state index in [9.17, 15) is 26.7 Å². The van der Waals surface area contributed by atoms with Crippen molar-refractivity contribution in [2.75, 3.05) is 5.32 Å². The van der Waals surface area contributed by atoms with Crippen LogP contribution in [-0.4, -0.2) is 38.4 Å². The van der Waals surface area contributed by atoms with Crippen molar-refractivity contribution in [3.63, 3.8) is 0 Å². The summed E-state index contributed by atoms with van der Waals surface area (Å²) in [5.41, 5.74) is 0.742. The number of rotatable bonds is 3. The Morgan fingerprint density at radius 3 is 2.32 bits per heavy atom. The first kappa shape index (κ1) is 21.5. The van der Waals surface area contributed by atoms with Crippen molar-refractivity contribution in [3.05, 3.63) is 42.1 Å². The number of hydrogen-bond donors (Lipinski definition) is 1. The van der Waals surface area contributed by atoms with Crippen molar-refractivity contribution >= 4 is 39.7 Å². The molecular weight excluding hydrogens is 469 g/mol. The van der Waals surface area contributed by atoms with Crippen LogP contribution in [-0.2, 0) is 4.79 Å². The van der Waals surface area contributed by atoms with E-state index in [1.54, 1.807) is 13.0 Å². The minimum Gasteiger partial charge on any atom is -0.400 e. The molecule has 0 aliphatic carbocycles. The number of carbonyl (C=O) groups excluding carboxylic acids is 1. The van der Waals surface area contributed by atoms with Crippen LogP contribution in [0, 0.1) is 6.92 Å². The SMILES string of the molecule is Cc1nc(Nc2nc(OC(=O)C(F)(F)F)c3ccccc3n2)nc2cc3c(cc12)OC(F)(F)O3. The van der Waals surface area contributed by atoms with Crippen LogP contribution in [0.2, 0.25) is 0 Å². The van der Waals surface area contributed by atoms with Crippen molar-refractivity contribution < 1.29 is 41.0 Å². The fourth-order valence-corrected chi connectivity index (χ4v) is 3.21. The van der Waals surface area contributed by atoms with Crippen LogP contribution in [0.3, 0.4) is 0 Å². The second-order valence-corrected chi connectivity index (χ2v) is 7.00. The zero-order valence-electron chi connectivity index (χ0n) is 16.8. The average molecular weight is 479 g/mol. The third-order valence-corrected chi connectivity index (χ3v) is 4.62. The third-order valence-electron chi connectivity index (χ3n) is 4.62. The molecule has 1 N–H and O–H groups in total. The molecule has 2 aromatic carbocycles. The van der Waals surface area contributed by atoms with E-state index in [1.165, 1.54) is 30.3 Å². The molecule has 34 heavy (non-hydrogen) atoms. The number of aromatic nitrogens is 4. The summed E-state index contributed by atoms with van der Waals surface area (Å²) in [6.07, 6.45) is -9.05. The first-order valence-corrected chi connectivity index (χ1v) is 9.39. The van der Waals surface area contributed by atoms with E-state index in [1.807, 2.05) is 0 Å². The van der Waals surface area contributed by atoms with Gasteiger partial charge in [-0.05, 0) is 25.1 Å². The Morgan fingerprint density at radius 1 is 0.941 bits per heavy atom. The molecule has 0 saturated carbocycles. The van der Waals surface area contributed by atoms with Crippen molar-refractivity contribution in [3.8, 4) is 17.4 Å². The van der Waals surface area contributed by atoms with E-state index in [2.05, 4.69) is 39.5 Å². The zero-order chi connectivity index (χ0) is 24.3. The molecule has 0 radical (unpaired) electrons. The maximum atomic E-state index is 13.4. The second-order valence-electron chi connectivity index (χ2n) is 7.00. The predicted molar refractivity (Wildman–Crippen MR) is 105 cm³/mol. The smallest absolute Gasteiger partial charge is 0.400 e. The number of nitrogens with zero attached hydrogens (tertiary/aromatic N) is 4. The highest BCUT2D eigenvalue weighted by atomic mass is 19.4. The zero-order valence-corrected chi connectivity index (χ0v) is 16.8. The van der Waals surface area contributed by atoms with Gasteiger partial charge in [-0.1, -0.05) is 12.1 Å². The summed E-state index contributed by atoms with van der Waals surface area (Å²) in [6.45, 7) is 1.58. The molecule has 0 spiro atoms. The summed E-state index contributed by atoms with van der Waals surface area (Å²) in [5, 5.41) is 3.09. The van der Waals surface area contributed by atoms with Crippen LogP contribution in [0.1, 0.15) is 5.69 Å². The van der Waals surface area contributed by atoms with Gasteiger partial charge in [-0.15, -0.1) is 8.78 Å². The van der Waals surface area contributed by atoms with E-state index in [-0.39, 0.29) is 39.8 Å². The monoisotopic (exact) mass is 479 g/mol. The second kappa shape index (κ2) is 7.33. The fourth-order valence-electron chi connectivity index (χ4n) is 3.21. The number of fused-ring (bicyclic) bond motifs is 3. The van der Waals surface area contributed by atoms with Crippen LogP contribution in [0.5, 0.6) is 17.4 Å². The quantitative estimate of drug-likeness (QED) is 0.338. The lowest BCUT2D eigenvalue weighted by Gasteiger charge is -2.11. The van der Waals surface area contributed by atoms with Crippen molar-refractivity contribution in [1.82, 2.24) is 19.9 Å². The molecule has 9 nitrogen and oxygen atoms in total. The number of aryl methyl sites for hydroxylation is 1. The van der Waals surface area contributed by atoms with Crippen LogP contribution in [0.15, 0.2) is 36.4 Å². The molecule has 4 aromatic rings. The van der Waals surface area contributed by atoms with Gasteiger partial charge in [0.25, 0.3) is 0 Å². The van der Waals surface area contributed by atoms with Crippen LogP contribution in [0.25, 0.3) is 21.8 Å². The Kier molecular flexibility index (Phi) is 4.63. The van der Waals surface area contributed by atoms with E-state index in [0.717, 1.165) is 0 Å². The van der Waals surface area contributed by atoms with Gasteiger partial charge in [0.15, 0.2) is 11.5 Å². The lowest BCUT2D eigenvalue weighted by atomic mass is 10.2. The highest BCUT2D eigenvalue weighted by molar-refractivity contribution is 5.89. The Morgan fingerprint density at radius 2 is 1.59 bits per heavy atom. The summed E-state index contributed by atoms with van der Waals surface area (Å²) < 4.78 is 78.1. The number of anilines is 2. The molecule has 0 saturated heterocycles. The molecule has 0 unspecified atom stereocenters. The van der Waals surface area contributed by atoms with E-state index < -0.39 is 24.3 Å². The number of ether oxygens (including phenoxy) is 3. The molecule has 0 bridgehead atoms. The van der Waals surface area contributed by atoms with Crippen LogP contribution < -0.4 is 19.5 Å². The Bertz CT molecular complexity index is 1480. The van der Waals surface area contributed by atoms with Gasteiger partial charge in [-0.2, -0.15) is 18.2 Å². The lowest BCUT2D eigenvalue weighted by molar-refractivity contribution is -0.286. The molecule has 0 atom stereocenters. The fraction of sp³-hybridized carbons (Fsp3) is 0.150. The van der Waals surface area contributed by atoms with Gasteiger partial charge in [-0.3, -0.25) is 5.32 Å². The first-order valence-electron chi connectivity index (χ1n) is 9.39. The minimum atomic E-state index is -5.24. The Hall–Kier alpha value is -4.36. The summed E-state index contributed by atoms with van der Waals surface area (Å²) in [6, 6.07) is 8.46. The molecule has 1 aliphatic rings. The molecular formula is C20H10F5N5O4. The van der Waals surface area contributed by atoms with Gasteiger partial charge in [0.05, 0.1) is 22.1 Å².